The largest absolute Gasteiger partial charge is 0.389 e. The quantitative estimate of drug-likeness (QED) is 0.725. The number of benzene rings is 2. The highest BCUT2D eigenvalue weighted by Gasteiger charge is 2.25. The molecular formula is C14H13F3. The highest BCUT2D eigenvalue weighted by molar-refractivity contribution is 5.82. The zero-order chi connectivity index (χ0) is 12.3. The molecule has 0 unspecified atom stereocenters. The highest BCUT2D eigenvalue weighted by Crippen LogP contribution is 2.23. The fraction of sp³-hybridized carbons (Fsp3) is 0.286. The third-order valence-corrected chi connectivity index (χ3v) is 2.74. The molecule has 2 aromatic carbocycles. The Morgan fingerprint density at radius 2 is 1.59 bits per heavy atom. The first-order chi connectivity index (χ1) is 8.04. The summed E-state index contributed by atoms with van der Waals surface area (Å²) in [6, 6.07) is 13.7. The zero-order valence-corrected chi connectivity index (χ0v) is 9.30. The van der Waals surface area contributed by atoms with Crippen LogP contribution in [0.2, 0.25) is 0 Å². The van der Waals surface area contributed by atoms with Crippen molar-refractivity contribution in [2.45, 2.75) is 25.4 Å². The summed E-state index contributed by atoms with van der Waals surface area (Å²) in [5.41, 5.74) is 0.966. The molecule has 0 spiro atoms. The van der Waals surface area contributed by atoms with Gasteiger partial charge in [-0.25, -0.2) is 0 Å². The molecule has 0 aliphatic carbocycles. The Morgan fingerprint density at radius 1 is 0.882 bits per heavy atom. The summed E-state index contributed by atoms with van der Waals surface area (Å²) in [6.07, 6.45) is -4.12. The van der Waals surface area contributed by atoms with Crippen molar-refractivity contribution in [3.63, 3.8) is 0 Å². The summed E-state index contributed by atoms with van der Waals surface area (Å²) in [5, 5.41) is 2.20. The molecular weight excluding hydrogens is 225 g/mol. The van der Waals surface area contributed by atoms with Crippen molar-refractivity contribution in [3.05, 3.63) is 48.0 Å². The lowest BCUT2D eigenvalue weighted by molar-refractivity contribution is -0.135. The Bertz CT molecular complexity index is 500. The average Bonchev–Trinajstić information content (AvgIpc) is 2.27. The third kappa shape index (κ3) is 3.48. The molecule has 0 radical (unpaired) electrons. The van der Waals surface area contributed by atoms with Gasteiger partial charge in [0.25, 0.3) is 0 Å². The first kappa shape index (κ1) is 12.0. The van der Waals surface area contributed by atoms with Gasteiger partial charge in [-0.2, -0.15) is 13.2 Å². The second-order valence-corrected chi connectivity index (χ2v) is 4.15. The molecule has 0 aliphatic heterocycles. The Hall–Kier alpha value is -1.51. The van der Waals surface area contributed by atoms with Crippen molar-refractivity contribution in [3.8, 4) is 0 Å². The van der Waals surface area contributed by atoms with E-state index in [1.165, 1.54) is 0 Å². The van der Waals surface area contributed by atoms with Gasteiger partial charge in [-0.3, -0.25) is 0 Å². The van der Waals surface area contributed by atoms with Crippen LogP contribution in [0.4, 0.5) is 13.2 Å². The van der Waals surface area contributed by atoms with Crippen LogP contribution in [0.5, 0.6) is 0 Å². The van der Waals surface area contributed by atoms with Crippen molar-refractivity contribution >= 4 is 10.8 Å². The lowest BCUT2D eigenvalue weighted by atomic mass is 10.0. The van der Waals surface area contributed by atoms with Gasteiger partial charge in [-0.05, 0) is 29.2 Å². The maximum Gasteiger partial charge on any atom is 0.389 e. The predicted octanol–water partition coefficient (Wildman–Crippen LogP) is 4.72. The normalized spacial score (nSPS) is 11.9. The van der Waals surface area contributed by atoms with Gasteiger partial charge < -0.3 is 0 Å². The number of hydrogen-bond donors (Lipinski definition) is 0. The molecule has 0 N–H and O–H groups in total. The van der Waals surface area contributed by atoms with Crippen LogP contribution in [-0.2, 0) is 6.42 Å². The SMILES string of the molecule is FC(F)(F)CCCc1ccc2ccccc2c1. The molecule has 2 aromatic rings. The van der Waals surface area contributed by atoms with E-state index < -0.39 is 12.6 Å². The van der Waals surface area contributed by atoms with E-state index >= 15 is 0 Å². The first-order valence-corrected chi connectivity index (χ1v) is 5.59. The number of rotatable bonds is 3. The summed E-state index contributed by atoms with van der Waals surface area (Å²) >= 11 is 0. The Kier molecular flexibility index (Phi) is 3.36. The summed E-state index contributed by atoms with van der Waals surface area (Å²) in [6.45, 7) is 0. The molecule has 0 saturated carbocycles. The molecule has 0 nitrogen and oxygen atoms in total. The van der Waals surface area contributed by atoms with Crippen LogP contribution in [0.1, 0.15) is 18.4 Å². The van der Waals surface area contributed by atoms with E-state index in [2.05, 4.69) is 0 Å². The lowest BCUT2D eigenvalue weighted by Gasteiger charge is -2.06. The van der Waals surface area contributed by atoms with Crippen molar-refractivity contribution in [1.82, 2.24) is 0 Å². The van der Waals surface area contributed by atoms with E-state index in [0.29, 0.717) is 6.42 Å². The van der Waals surface area contributed by atoms with Gasteiger partial charge in [0.05, 0.1) is 0 Å². The molecule has 0 aliphatic rings. The minimum atomic E-state index is -4.04. The summed E-state index contributed by atoms with van der Waals surface area (Å²) in [4.78, 5) is 0. The number of aryl methyl sites for hydroxylation is 1. The van der Waals surface area contributed by atoms with E-state index in [0.717, 1.165) is 16.3 Å². The van der Waals surface area contributed by atoms with Gasteiger partial charge >= 0.3 is 6.18 Å². The molecule has 0 saturated heterocycles. The number of hydrogen-bond acceptors (Lipinski definition) is 0. The van der Waals surface area contributed by atoms with Crippen LogP contribution in [0.25, 0.3) is 10.8 Å². The molecule has 3 heteroatoms. The van der Waals surface area contributed by atoms with E-state index in [-0.39, 0.29) is 6.42 Å². The van der Waals surface area contributed by atoms with Crippen molar-refractivity contribution in [2.24, 2.45) is 0 Å². The highest BCUT2D eigenvalue weighted by atomic mass is 19.4. The molecule has 90 valence electrons. The molecule has 0 aromatic heterocycles. The van der Waals surface area contributed by atoms with E-state index in [9.17, 15) is 13.2 Å². The third-order valence-electron chi connectivity index (χ3n) is 2.74. The van der Waals surface area contributed by atoms with Crippen LogP contribution in [-0.4, -0.2) is 6.18 Å². The topological polar surface area (TPSA) is 0 Å². The van der Waals surface area contributed by atoms with Gasteiger partial charge in [0, 0.05) is 6.42 Å². The molecule has 0 fully saturated rings. The van der Waals surface area contributed by atoms with Gasteiger partial charge in [0.15, 0.2) is 0 Å². The second-order valence-electron chi connectivity index (χ2n) is 4.15. The average molecular weight is 238 g/mol. The monoisotopic (exact) mass is 238 g/mol. The lowest BCUT2D eigenvalue weighted by Crippen LogP contribution is -2.07. The number of halogens is 3. The Balaban J connectivity index is 2.04. The molecule has 2 rings (SSSR count). The first-order valence-electron chi connectivity index (χ1n) is 5.59. The second kappa shape index (κ2) is 4.78. The fourth-order valence-corrected chi connectivity index (χ4v) is 1.89. The summed E-state index contributed by atoms with van der Waals surface area (Å²) < 4.78 is 36.0. The Morgan fingerprint density at radius 3 is 2.29 bits per heavy atom. The minimum Gasteiger partial charge on any atom is -0.171 e. The van der Waals surface area contributed by atoms with Crippen molar-refractivity contribution in [1.29, 1.82) is 0 Å². The molecule has 0 heterocycles. The Labute approximate surface area is 98.1 Å². The standard InChI is InChI=1S/C14H13F3/c15-14(16,17)9-3-4-11-7-8-12-5-1-2-6-13(12)10-11/h1-2,5-8,10H,3-4,9H2. The minimum absolute atomic E-state index is 0.155. The smallest absolute Gasteiger partial charge is 0.171 e. The molecule has 17 heavy (non-hydrogen) atoms. The zero-order valence-electron chi connectivity index (χ0n) is 9.30. The molecule has 0 atom stereocenters. The van der Waals surface area contributed by atoms with Gasteiger partial charge in [0.2, 0.25) is 0 Å². The van der Waals surface area contributed by atoms with E-state index in [1.807, 2.05) is 42.5 Å². The van der Waals surface area contributed by atoms with Crippen molar-refractivity contribution < 1.29 is 13.2 Å². The predicted molar refractivity (Wildman–Crippen MR) is 62.9 cm³/mol. The van der Waals surface area contributed by atoms with Gasteiger partial charge in [0.1, 0.15) is 0 Å². The van der Waals surface area contributed by atoms with Gasteiger partial charge in [-0.1, -0.05) is 42.5 Å². The van der Waals surface area contributed by atoms with Crippen LogP contribution >= 0.6 is 0 Å². The van der Waals surface area contributed by atoms with E-state index in [1.54, 1.807) is 0 Å². The maximum absolute atomic E-state index is 12.0. The van der Waals surface area contributed by atoms with Crippen LogP contribution < -0.4 is 0 Å². The molecule has 0 bridgehead atoms. The van der Waals surface area contributed by atoms with Crippen LogP contribution in [0, 0.1) is 0 Å². The number of fused-ring (bicyclic) bond motifs is 1. The molecule has 0 amide bonds. The maximum atomic E-state index is 12.0. The van der Waals surface area contributed by atoms with Crippen molar-refractivity contribution in [2.75, 3.05) is 0 Å². The fourth-order valence-electron chi connectivity index (χ4n) is 1.89. The summed E-state index contributed by atoms with van der Waals surface area (Å²) in [5.74, 6) is 0. The van der Waals surface area contributed by atoms with Crippen LogP contribution in [0.3, 0.4) is 0 Å². The van der Waals surface area contributed by atoms with Gasteiger partial charge in [-0.15, -0.1) is 0 Å². The van der Waals surface area contributed by atoms with E-state index in [4.69, 9.17) is 0 Å². The van der Waals surface area contributed by atoms with Crippen LogP contribution in [0.15, 0.2) is 42.5 Å². The summed E-state index contributed by atoms with van der Waals surface area (Å²) in [7, 11) is 0. The number of alkyl halides is 3.